The highest BCUT2D eigenvalue weighted by Crippen LogP contribution is 2.62. The number of hydrogen-bond donors (Lipinski definition) is 1. The maximum Gasteiger partial charge on any atom is 0.139 e. The van der Waals surface area contributed by atoms with Gasteiger partial charge in [0.15, 0.2) is 0 Å². The first-order chi connectivity index (χ1) is 17.8. The minimum atomic E-state index is -0.973. The molecule has 2 saturated carbocycles. The summed E-state index contributed by atoms with van der Waals surface area (Å²) < 4.78 is 15.8. The van der Waals surface area contributed by atoms with Crippen molar-refractivity contribution in [3.63, 3.8) is 0 Å². The van der Waals surface area contributed by atoms with Gasteiger partial charge < -0.3 is 10.0 Å². The Morgan fingerprint density at radius 2 is 1.70 bits per heavy atom. The van der Waals surface area contributed by atoms with E-state index in [0.29, 0.717) is 24.7 Å². The molecule has 3 nitrogen and oxygen atoms in total. The number of phenols is 1. The topological polar surface area (TPSA) is 40.5 Å². The number of fused-ring (bicyclic) bond motifs is 5. The van der Waals surface area contributed by atoms with E-state index < -0.39 is 11.6 Å². The van der Waals surface area contributed by atoms with Crippen molar-refractivity contribution < 1.29 is 14.3 Å². The molecule has 0 bridgehead atoms. The Morgan fingerprint density at radius 1 is 1.03 bits per heavy atom. The molecule has 0 aromatic heterocycles. The molecule has 0 saturated heterocycles. The van der Waals surface area contributed by atoms with Gasteiger partial charge in [0.05, 0.1) is 0 Å². The third-order valence-corrected chi connectivity index (χ3v) is 10.3. The number of aromatic hydroxyl groups is 1. The highest BCUT2D eigenvalue weighted by atomic mass is 19.1. The third kappa shape index (κ3) is 6.60. The van der Waals surface area contributed by atoms with Crippen LogP contribution in [0.5, 0.6) is 5.75 Å². The molecule has 4 heteroatoms. The Kier molecular flexibility index (Phi) is 10.1. The second kappa shape index (κ2) is 13.1. The first-order valence-corrected chi connectivity index (χ1v) is 15.5. The lowest BCUT2D eigenvalue weighted by atomic mass is 9.51. The standard InChI is InChI=1S/C33H52FNO2/c1-4-5-6-7-8-9-12-19-35(3)20-13-10-11-14-24-21-25-22-26(36)15-16-27(25)32-29(34)23-33(2)28(31(24)32)17-18-30(33)37/h15-16,22,24,28-29,31-32,36H,4-14,17-21,23H2,1-3H3/t24-,28+,29+,31+,32+,33+/m1/s1. The zero-order valence-corrected chi connectivity index (χ0v) is 23.8. The molecule has 0 heterocycles. The van der Waals surface area contributed by atoms with E-state index in [0.717, 1.165) is 36.9 Å². The van der Waals surface area contributed by atoms with Gasteiger partial charge in [-0.15, -0.1) is 0 Å². The van der Waals surface area contributed by atoms with Crippen molar-refractivity contribution >= 4 is 5.78 Å². The highest BCUT2D eigenvalue weighted by molar-refractivity contribution is 5.87. The number of hydrogen-bond acceptors (Lipinski definition) is 3. The number of unbranched alkanes of at least 4 members (excludes halogenated alkanes) is 8. The number of nitrogens with zero attached hydrogens (tertiary/aromatic N) is 1. The van der Waals surface area contributed by atoms with Gasteiger partial charge in [-0.1, -0.05) is 71.3 Å². The number of alkyl halides is 1. The summed E-state index contributed by atoms with van der Waals surface area (Å²) in [6, 6.07) is 5.56. The Morgan fingerprint density at radius 3 is 2.43 bits per heavy atom. The molecule has 0 amide bonds. The van der Waals surface area contributed by atoms with Crippen LogP contribution in [-0.4, -0.2) is 42.1 Å². The maximum absolute atomic E-state index is 15.8. The summed E-state index contributed by atoms with van der Waals surface area (Å²) >= 11 is 0. The van der Waals surface area contributed by atoms with Crippen molar-refractivity contribution in [2.45, 2.75) is 122 Å². The fourth-order valence-corrected chi connectivity index (χ4v) is 8.25. The Hall–Kier alpha value is -1.42. The summed E-state index contributed by atoms with van der Waals surface area (Å²) in [5, 5.41) is 10.1. The second-order valence-electron chi connectivity index (χ2n) is 12.9. The van der Waals surface area contributed by atoms with Gasteiger partial charge in [-0.3, -0.25) is 4.79 Å². The molecular weight excluding hydrogens is 461 g/mol. The maximum atomic E-state index is 15.8. The molecular formula is C33H52FNO2. The second-order valence-corrected chi connectivity index (χ2v) is 12.9. The fraction of sp³-hybridized carbons (Fsp3) is 0.788. The van der Waals surface area contributed by atoms with Crippen LogP contribution in [0.15, 0.2) is 18.2 Å². The molecule has 0 radical (unpaired) electrons. The van der Waals surface area contributed by atoms with Crippen molar-refractivity contribution in [3.05, 3.63) is 29.3 Å². The van der Waals surface area contributed by atoms with Gasteiger partial charge in [0, 0.05) is 17.8 Å². The minimum absolute atomic E-state index is 0.119. The minimum Gasteiger partial charge on any atom is -0.508 e. The van der Waals surface area contributed by atoms with E-state index in [4.69, 9.17) is 0 Å². The van der Waals surface area contributed by atoms with Crippen LogP contribution in [0.3, 0.4) is 0 Å². The number of benzene rings is 1. The van der Waals surface area contributed by atoms with E-state index in [9.17, 15) is 9.90 Å². The predicted molar refractivity (Wildman–Crippen MR) is 151 cm³/mol. The third-order valence-electron chi connectivity index (χ3n) is 10.3. The van der Waals surface area contributed by atoms with E-state index in [2.05, 4.69) is 25.8 Å². The molecule has 0 unspecified atom stereocenters. The number of halogens is 1. The fourth-order valence-electron chi connectivity index (χ4n) is 8.25. The quantitative estimate of drug-likeness (QED) is 0.255. The van der Waals surface area contributed by atoms with Gasteiger partial charge in [-0.25, -0.2) is 4.39 Å². The number of Topliss-reactive ketones (excluding diaryl/α,β-unsaturated/α-hetero) is 1. The lowest BCUT2D eigenvalue weighted by Gasteiger charge is -2.53. The summed E-state index contributed by atoms with van der Waals surface area (Å²) in [6.45, 7) is 6.69. The van der Waals surface area contributed by atoms with Crippen LogP contribution >= 0.6 is 0 Å². The van der Waals surface area contributed by atoms with Crippen LogP contribution in [0.25, 0.3) is 0 Å². The number of rotatable bonds is 14. The Bertz CT molecular complexity index is 887. The van der Waals surface area contributed by atoms with Crippen LogP contribution in [0.2, 0.25) is 0 Å². The Balaban J connectivity index is 1.28. The number of carbonyl (C=O) groups is 1. The van der Waals surface area contributed by atoms with Gasteiger partial charge in [-0.2, -0.15) is 0 Å². The van der Waals surface area contributed by atoms with Crippen molar-refractivity contribution in [1.29, 1.82) is 0 Å². The van der Waals surface area contributed by atoms with Crippen LogP contribution in [0.4, 0.5) is 4.39 Å². The van der Waals surface area contributed by atoms with Gasteiger partial charge in [0.25, 0.3) is 0 Å². The molecule has 2 fully saturated rings. The molecule has 0 spiro atoms. The molecule has 3 aliphatic rings. The van der Waals surface area contributed by atoms with Crippen LogP contribution in [0.1, 0.15) is 121 Å². The molecule has 208 valence electrons. The summed E-state index contributed by atoms with van der Waals surface area (Å²) in [5.41, 5.74) is 1.75. The van der Waals surface area contributed by atoms with Crippen LogP contribution in [0, 0.1) is 23.2 Å². The lowest BCUT2D eigenvalue weighted by Crippen LogP contribution is -2.50. The summed E-state index contributed by atoms with van der Waals surface area (Å²) in [6.07, 6.45) is 16.1. The van der Waals surface area contributed by atoms with E-state index in [-0.39, 0.29) is 23.4 Å². The predicted octanol–water partition coefficient (Wildman–Crippen LogP) is 8.23. The van der Waals surface area contributed by atoms with Crippen molar-refractivity contribution in [3.8, 4) is 5.75 Å². The molecule has 0 aliphatic heterocycles. The molecule has 1 N–H and O–H groups in total. The monoisotopic (exact) mass is 513 g/mol. The summed E-state index contributed by atoms with van der Waals surface area (Å²) in [7, 11) is 2.26. The first-order valence-electron chi connectivity index (χ1n) is 15.5. The van der Waals surface area contributed by atoms with Crippen molar-refractivity contribution in [1.82, 2.24) is 4.90 Å². The molecule has 4 rings (SSSR count). The lowest BCUT2D eigenvalue weighted by molar-refractivity contribution is -0.132. The zero-order valence-electron chi connectivity index (χ0n) is 23.8. The van der Waals surface area contributed by atoms with E-state index in [1.165, 1.54) is 70.8 Å². The Labute approximate surface area is 225 Å². The zero-order chi connectivity index (χ0) is 26.4. The number of ketones is 1. The van der Waals surface area contributed by atoms with Gasteiger partial charge >= 0.3 is 0 Å². The molecule has 3 aliphatic carbocycles. The molecule has 37 heavy (non-hydrogen) atoms. The molecule has 1 aromatic carbocycles. The first kappa shape index (κ1) is 28.6. The van der Waals surface area contributed by atoms with E-state index in [1.807, 2.05) is 12.1 Å². The average Bonchev–Trinajstić information content (AvgIpc) is 3.16. The van der Waals surface area contributed by atoms with Gasteiger partial charge in [-0.05, 0) is 99.7 Å². The normalized spacial score (nSPS) is 30.8. The van der Waals surface area contributed by atoms with Crippen LogP contribution in [-0.2, 0) is 11.2 Å². The average molecular weight is 514 g/mol. The van der Waals surface area contributed by atoms with E-state index >= 15 is 4.39 Å². The molecule has 6 atom stereocenters. The smallest absolute Gasteiger partial charge is 0.139 e. The molecule has 1 aromatic rings. The summed E-state index contributed by atoms with van der Waals surface area (Å²) in [5.74, 6) is 1.41. The van der Waals surface area contributed by atoms with Crippen LogP contribution < -0.4 is 0 Å². The van der Waals surface area contributed by atoms with Crippen molar-refractivity contribution in [2.24, 2.45) is 23.2 Å². The SMILES string of the molecule is CCCCCCCCCN(C)CCCCC[C@@H]1Cc2cc(O)ccc2[C@@H]2[C@@H]1[C@@H]1CCC(=O)[C@@]1(C)C[C@@H]2F. The van der Waals surface area contributed by atoms with E-state index in [1.54, 1.807) is 6.07 Å². The highest BCUT2D eigenvalue weighted by Gasteiger charge is 2.60. The van der Waals surface area contributed by atoms with Crippen molar-refractivity contribution in [2.75, 3.05) is 20.1 Å². The summed E-state index contributed by atoms with van der Waals surface area (Å²) in [4.78, 5) is 15.4. The van der Waals surface area contributed by atoms with Gasteiger partial charge in [0.2, 0.25) is 0 Å². The number of carbonyl (C=O) groups excluding carboxylic acids is 1. The number of phenolic OH excluding ortho intramolecular Hbond substituents is 1. The largest absolute Gasteiger partial charge is 0.508 e. The van der Waals surface area contributed by atoms with Gasteiger partial charge in [0.1, 0.15) is 17.7 Å².